The number of amides is 1. The number of nitrogen functional groups attached to an aromatic ring is 1. The Hall–Kier alpha value is -2.43. The maximum atomic E-state index is 11.9. The van der Waals surface area contributed by atoms with Crippen molar-refractivity contribution < 1.29 is 4.79 Å². The Labute approximate surface area is 105 Å². The van der Waals surface area contributed by atoms with E-state index in [2.05, 4.69) is 15.5 Å². The summed E-state index contributed by atoms with van der Waals surface area (Å²) in [5, 5.41) is 10.0. The van der Waals surface area contributed by atoms with Gasteiger partial charge in [0.05, 0.1) is 29.3 Å². The minimum absolute atomic E-state index is 0.250. The summed E-state index contributed by atoms with van der Waals surface area (Å²) < 4.78 is 0. The van der Waals surface area contributed by atoms with E-state index in [1.54, 1.807) is 6.07 Å². The Balaban J connectivity index is 2.25. The largest absolute Gasteiger partial charge is 0.397 e. The maximum absolute atomic E-state index is 11.9. The molecular weight excluding hydrogens is 228 g/mol. The molecule has 1 amide bonds. The second-order valence-electron chi connectivity index (χ2n) is 4.11. The smallest absolute Gasteiger partial charge is 0.257 e. The molecule has 0 unspecified atom stereocenters. The monoisotopic (exact) mass is 242 g/mol. The Morgan fingerprint density at radius 2 is 1.94 bits per heavy atom. The molecule has 0 saturated heterocycles. The van der Waals surface area contributed by atoms with Crippen molar-refractivity contribution in [3.63, 3.8) is 0 Å². The minimum atomic E-state index is -0.250. The van der Waals surface area contributed by atoms with Gasteiger partial charge in [-0.3, -0.25) is 4.79 Å². The van der Waals surface area contributed by atoms with Crippen LogP contribution in [0.5, 0.6) is 0 Å². The number of nitrogens with one attached hydrogen (secondary N) is 1. The normalized spacial score (nSPS) is 10.1. The van der Waals surface area contributed by atoms with Gasteiger partial charge in [0.25, 0.3) is 5.91 Å². The van der Waals surface area contributed by atoms with Crippen LogP contribution in [0.25, 0.3) is 0 Å². The average molecular weight is 242 g/mol. The summed E-state index contributed by atoms with van der Waals surface area (Å²) in [7, 11) is 0. The summed E-state index contributed by atoms with van der Waals surface area (Å²) in [6.07, 6.45) is 2.88. The summed E-state index contributed by atoms with van der Waals surface area (Å²) in [4.78, 5) is 11.9. The first-order valence-corrected chi connectivity index (χ1v) is 5.52. The topological polar surface area (TPSA) is 80.9 Å². The van der Waals surface area contributed by atoms with Gasteiger partial charge in [-0.15, -0.1) is 0 Å². The van der Waals surface area contributed by atoms with Crippen LogP contribution in [0.2, 0.25) is 0 Å². The molecule has 5 heteroatoms. The van der Waals surface area contributed by atoms with E-state index in [0.29, 0.717) is 16.9 Å². The van der Waals surface area contributed by atoms with Gasteiger partial charge in [0.1, 0.15) is 0 Å². The van der Waals surface area contributed by atoms with Gasteiger partial charge >= 0.3 is 0 Å². The van der Waals surface area contributed by atoms with E-state index in [1.807, 2.05) is 26.0 Å². The Kier molecular flexibility index (Phi) is 3.23. The first kappa shape index (κ1) is 12.0. The molecule has 1 aromatic carbocycles. The molecule has 2 rings (SSSR count). The number of benzene rings is 1. The van der Waals surface area contributed by atoms with Crippen molar-refractivity contribution in [2.24, 2.45) is 0 Å². The van der Waals surface area contributed by atoms with Crippen molar-refractivity contribution in [1.29, 1.82) is 0 Å². The highest BCUT2D eigenvalue weighted by Gasteiger charge is 2.09. The van der Waals surface area contributed by atoms with Crippen LogP contribution < -0.4 is 11.1 Å². The number of hydrogen-bond donors (Lipinski definition) is 2. The number of aromatic nitrogens is 2. The molecule has 0 saturated carbocycles. The van der Waals surface area contributed by atoms with E-state index in [-0.39, 0.29) is 5.91 Å². The third kappa shape index (κ3) is 2.45. The van der Waals surface area contributed by atoms with Crippen LogP contribution in [0.4, 0.5) is 11.4 Å². The van der Waals surface area contributed by atoms with Gasteiger partial charge in [0.2, 0.25) is 0 Å². The van der Waals surface area contributed by atoms with E-state index < -0.39 is 0 Å². The second-order valence-corrected chi connectivity index (χ2v) is 4.11. The second kappa shape index (κ2) is 4.83. The lowest BCUT2D eigenvalue weighted by Crippen LogP contribution is -2.14. The molecule has 2 aromatic rings. The van der Waals surface area contributed by atoms with Crippen molar-refractivity contribution in [3.8, 4) is 0 Å². The van der Waals surface area contributed by atoms with Gasteiger partial charge in [-0.25, -0.2) is 0 Å². The van der Waals surface area contributed by atoms with Gasteiger partial charge in [-0.2, -0.15) is 10.2 Å². The summed E-state index contributed by atoms with van der Waals surface area (Å²) in [6, 6.07) is 5.30. The molecule has 5 nitrogen and oxygen atoms in total. The summed E-state index contributed by atoms with van der Waals surface area (Å²) in [5.74, 6) is -0.250. The quantitative estimate of drug-likeness (QED) is 0.788. The number of aryl methyl sites for hydroxylation is 2. The molecular formula is C13H14N4O. The lowest BCUT2D eigenvalue weighted by molar-refractivity contribution is 0.102. The molecule has 3 N–H and O–H groups in total. The van der Waals surface area contributed by atoms with Crippen molar-refractivity contribution in [1.82, 2.24) is 10.2 Å². The Morgan fingerprint density at radius 3 is 2.61 bits per heavy atom. The molecule has 18 heavy (non-hydrogen) atoms. The van der Waals surface area contributed by atoms with Crippen molar-refractivity contribution in [2.45, 2.75) is 13.8 Å². The van der Waals surface area contributed by atoms with Gasteiger partial charge in [0.15, 0.2) is 0 Å². The van der Waals surface area contributed by atoms with Crippen LogP contribution in [0.15, 0.2) is 30.6 Å². The molecule has 0 fully saturated rings. The zero-order valence-electron chi connectivity index (χ0n) is 10.3. The van der Waals surface area contributed by atoms with Gasteiger partial charge in [-0.1, -0.05) is 0 Å². The molecule has 0 radical (unpaired) electrons. The fourth-order valence-electron chi connectivity index (χ4n) is 1.57. The first-order chi connectivity index (χ1) is 8.58. The molecule has 0 aliphatic carbocycles. The van der Waals surface area contributed by atoms with Crippen molar-refractivity contribution in [3.05, 3.63) is 47.3 Å². The average Bonchev–Trinajstić information content (AvgIpc) is 2.37. The third-order valence-electron chi connectivity index (χ3n) is 2.76. The molecule has 1 aromatic heterocycles. The van der Waals surface area contributed by atoms with Crippen molar-refractivity contribution in [2.75, 3.05) is 11.1 Å². The molecule has 1 heterocycles. The van der Waals surface area contributed by atoms with E-state index in [0.717, 1.165) is 11.1 Å². The Bertz CT molecular complexity index is 581. The minimum Gasteiger partial charge on any atom is -0.397 e. The predicted molar refractivity (Wildman–Crippen MR) is 70.3 cm³/mol. The van der Waals surface area contributed by atoms with Gasteiger partial charge in [-0.05, 0) is 43.2 Å². The molecule has 0 spiro atoms. The number of carbonyl (C=O) groups is 1. The van der Waals surface area contributed by atoms with E-state index in [1.165, 1.54) is 12.4 Å². The van der Waals surface area contributed by atoms with Crippen LogP contribution in [0, 0.1) is 13.8 Å². The summed E-state index contributed by atoms with van der Waals surface area (Å²) in [5.41, 5.74) is 9.65. The van der Waals surface area contributed by atoms with Crippen LogP contribution >= 0.6 is 0 Å². The van der Waals surface area contributed by atoms with Crippen LogP contribution in [-0.4, -0.2) is 16.1 Å². The number of rotatable bonds is 2. The Morgan fingerprint density at radius 1 is 1.22 bits per heavy atom. The standard InChI is InChI=1S/C13H14N4O/c1-8-5-11(14)12(6-9(8)2)17-13(18)10-3-4-15-16-7-10/h3-7H,14H2,1-2H3,(H,17,18). The highest BCUT2D eigenvalue weighted by Crippen LogP contribution is 2.23. The maximum Gasteiger partial charge on any atom is 0.257 e. The number of hydrogen-bond acceptors (Lipinski definition) is 4. The zero-order valence-corrected chi connectivity index (χ0v) is 10.3. The number of nitrogens with two attached hydrogens (primary N) is 1. The zero-order chi connectivity index (χ0) is 13.1. The van der Waals surface area contributed by atoms with Gasteiger partial charge in [0, 0.05) is 0 Å². The number of carbonyl (C=O) groups excluding carboxylic acids is 1. The molecule has 0 aliphatic heterocycles. The van der Waals surface area contributed by atoms with E-state index in [9.17, 15) is 4.79 Å². The van der Waals surface area contributed by atoms with Crippen molar-refractivity contribution >= 4 is 17.3 Å². The number of nitrogens with zero attached hydrogens (tertiary/aromatic N) is 2. The van der Waals surface area contributed by atoms with Crippen LogP contribution in [0.3, 0.4) is 0 Å². The third-order valence-corrected chi connectivity index (χ3v) is 2.76. The summed E-state index contributed by atoms with van der Waals surface area (Å²) >= 11 is 0. The molecule has 0 atom stereocenters. The predicted octanol–water partition coefficient (Wildman–Crippen LogP) is 1.93. The van der Waals surface area contributed by atoms with Crippen LogP contribution in [-0.2, 0) is 0 Å². The fourth-order valence-corrected chi connectivity index (χ4v) is 1.57. The SMILES string of the molecule is Cc1cc(N)c(NC(=O)c2ccnnc2)cc1C. The highest BCUT2D eigenvalue weighted by atomic mass is 16.1. The fraction of sp³-hybridized carbons (Fsp3) is 0.154. The molecule has 0 bridgehead atoms. The van der Waals surface area contributed by atoms with E-state index in [4.69, 9.17) is 5.73 Å². The lowest BCUT2D eigenvalue weighted by Gasteiger charge is -2.10. The van der Waals surface area contributed by atoms with Crippen LogP contribution in [0.1, 0.15) is 21.5 Å². The lowest BCUT2D eigenvalue weighted by atomic mass is 10.1. The van der Waals surface area contributed by atoms with E-state index >= 15 is 0 Å². The molecule has 0 aliphatic rings. The molecule has 92 valence electrons. The summed E-state index contributed by atoms with van der Waals surface area (Å²) in [6.45, 7) is 3.95. The van der Waals surface area contributed by atoms with Gasteiger partial charge < -0.3 is 11.1 Å². The highest BCUT2D eigenvalue weighted by molar-refractivity contribution is 6.05. The first-order valence-electron chi connectivity index (χ1n) is 5.52. The number of anilines is 2.